The average Bonchev–Trinajstić information content (AvgIpc) is 2.36. The molecule has 0 saturated heterocycles. The van der Waals surface area contributed by atoms with Gasteiger partial charge >= 0.3 is 0 Å². The second-order valence-corrected chi connectivity index (χ2v) is 6.09. The van der Waals surface area contributed by atoms with Crippen molar-refractivity contribution in [1.82, 2.24) is 4.57 Å². The van der Waals surface area contributed by atoms with Crippen LogP contribution < -0.4 is 5.56 Å². The topological polar surface area (TPSA) is 22.0 Å². The van der Waals surface area contributed by atoms with Crippen LogP contribution in [0.1, 0.15) is 0 Å². The molecule has 1 aromatic carbocycles. The van der Waals surface area contributed by atoms with E-state index >= 15 is 0 Å². The summed E-state index contributed by atoms with van der Waals surface area (Å²) in [6.07, 6.45) is -2.66. The minimum Gasteiger partial charge on any atom is -0.335 e. The van der Waals surface area contributed by atoms with Crippen LogP contribution in [-0.4, -0.2) is 11.0 Å². The van der Waals surface area contributed by atoms with Crippen LogP contribution in [0.15, 0.2) is 38.0 Å². The Labute approximate surface area is 167 Å². The molecular weight excluding hydrogens is 508 g/mol. The van der Waals surface area contributed by atoms with Gasteiger partial charge in [0, 0.05) is 42.2 Å². The second kappa shape index (κ2) is 8.30. The normalized spacial score (nSPS) is 10.6. The van der Waals surface area contributed by atoms with Crippen molar-refractivity contribution in [3.63, 3.8) is 0 Å². The molecule has 0 aliphatic carbocycles. The Hall–Kier alpha value is 0.384. The summed E-state index contributed by atoms with van der Waals surface area (Å²) in [6, 6.07) is 9.28. The Morgan fingerprint density at radius 1 is 1.33 bits per heavy atom. The number of rotatable bonds is 3. The number of hydrogen-bond acceptors (Lipinski definition) is 1. The Morgan fingerprint density at radius 3 is 2.57 bits per heavy atom. The molecule has 21 heavy (non-hydrogen) atoms. The van der Waals surface area contributed by atoms with Gasteiger partial charge in [-0.1, -0.05) is 49.2 Å². The van der Waals surface area contributed by atoms with Crippen molar-refractivity contribution in [2.45, 2.75) is 13.0 Å². The molecule has 2 rings (SSSR count). The fraction of sp³-hybridized carbons (Fsp3) is 0.154. The average molecular weight is 515 g/mol. The van der Waals surface area contributed by atoms with E-state index in [9.17, 15) is 13.6 Å². The molecule has 2 nitrogen and oxygen atoms in total. The third-order valence-electron chi connectivity index (χ3n) is 2.56. The Morgan fingerprint density at radius 2 is 2.00 bits per heavy atom. The Kier molecular flexibility index (Phi) is 7.68. The molecule has 109 valence electrons. The minimum absolute atomic E-state index is 0. The van der Waals surface area contributed by atoms with Crippen LogP contribution in [0.2, 0.25) is 5.02 Å². The molecule has 2 aromatic rings. The van der Waals surface area contributed by atoms with Crippen LogP contribution in [0.25, 0.3) is 11.3 Å². The maximum atomic E-state index is 12.7. The number of halogens is 5. The molecule has 0 amide bonds. The molecule has 0 aliphatic heterocycles. The van der Waals surface area contributed by atoms with Crippen molar-refractivity contribution >= 4 is 43.5 Å². The summed E-state index contributed by atoms with van der Waals surface area (Å²) in [5.74, 6) is 0. The number of nitrogens with zero attached hydrogens (tertiary/aromatic N) is 1. The van der Waals surface area contributed by atoms with Crippen LogP contribution in [-0.2, 0) is 39.3 Å². The van der Waals surface area contributed by atoms with Gasteiger partial charge < -0.3 is 4.57 Å². The van der Waals surface area contributed by atoms with Crippen molar-refractivity contribution in [3.8, 4) is 11.3 Å². The van der Waals surface area contributed by atoms with Crippen LogP contribution in [0.3, 0.4) is 0 Å². The molecule has 0 unspecified atom stereocenters. The van der Waals surface area contributed by atoms with Gasteiger partial charge in [0.1, 0.15) is 0 Å². The van der Waals surface area contributed by atoms with E-state index < -0.39 is 18.5 Å². The van der Waals surface area contributed by atoms with Gasteiger partial charge in [-0.2, -0.15) is 23.7 Å². The minimum atomic E-state index is -2.66. The monoisotopic (exact) mass is 513 g/mol. The van der Waals surface area contributed by atoms with E-state index in [4.69, 9.17) is 11.6 Å². The summed E-state index contributed by atoms with van der Waals surface area (Å²) >= 11 is 12.3. The predicted molar refractivity (Wildman–Crippen MR) is 81.4 cm³/mol. The van der Waals surface area contributed by atoms with Gasteiger partial charge in [0.2, 0.25) is 5.56 Å². The molecule has 0 aliphatic rings. The van der Waals surface area contributed by atoms with Crippen LogP contribution in [0.5, 0.6) is 0 Å². The van der Waals surface area contributed by atoms with Gasteiger partial charge in [0.25, 0.3) is 6.43 Å². The number of benzene rings is 1. The maximum Gasteiger partial charge on any atom is 0.256 e. The van der Waals surface area contributed by atoms with Crippen molar-refractivity contribution in [3.05, 3.63) is 54.7 Å². The first-order chi connectivity index (χ1) is 9.40. The van der Waals surface area contributed by atoms with E-state index in [-0.39, 0.29) is 43.4 Å². The van der Waals surface area contributed by atoms with Gasteiger partial charge in [0.05, 0.1) is 6.54 Å². The molecule has 0 atom stereocenters. The number of aromatic nitrogens is 1. The van der Waals surface area contributed by atoms with Crippen molar-refractivity contribution in [2.24, 2.45) is 0 Å². The van der Waals surface area contributed by atoms with Crippen LogP contribution in [0, 0.1) is 6.07 Å². The second-order valence-electron chi connectivity index (χ2n) is 3.92. The van der Waals surface area contributed by atoms with Crippen molar-refractivity contribution in [1.29, 1.82) is 0 Å². The molecule has 0 spiro atoms. The Balaban J connectivity index is 0.00000220. The standard InChI is InChI=1S/C13H7Br2ClF2NO.Y/c14-7-1-2-8(9(15)5-7)11-4-3-10(16)13(20)19(11)6-12(17)18;/h1-3,5,12H,6H2;/q-1;. The zero-order chi connectivity index (χ0) is 14.9. The number of pyridine rings is 1. The first-order valence-corrected chi connectivity index (χ1v) is 7.41. The zero-order valence-corrected chi connectivity index (χ0v) is 17.2. The first-order valence-electron chi connectivity index (χ1n) is 5.44. The Bertz CT molecular complexity index is 709. The van der Waals surface area contributed by atoms with E-state index in [2.05, 4.69) is 37.9 Å². The summed E-state index contributed by atoms with van der Waals surface area (Å²) in [6.45, 7) is -0.728. The SMILES string of the molecule is O=c1c(Cl)c[c-]c(-c2ccc(Br)cc2Br)n1CC(F)F.[Y]. The van der Waals surface area contributed by atoms with Crippen molar-refractivity contribution in [2.75, 3.05) is 0 Å². The van der Waals surface area contributed by atoms with Gasteiger partial charge in [0.15, 0.2) is 0 Å². The quantitative estimate of drug-likeness (QED) is 0.541. The summed E-state index contributed by atoms with van der Waals surface area (Å²) in [5.41, 5.74) is 0.192. The molecule has 0 N–H and O–H groups in total. The number of hydrogen-bond donors (Lipinski definition) is 0. The van der Waals surface area contributed by atoms with Gasteiger partial charge in [-0.05, 0) is 10.5 Å². The first kappa shape index (κ1) is 19.4. The molecule has 8 heteroatoms. The summed E-state index contributed by atoms with van der Waals surface area (Å²) in [5, 5.41) is -0.136. The largest absolute Gasteiger partial charge is 0.335 e. The van der Waals surface area contributed by atoms with Gasteiger partial charge in [-0.15, -0.1) is 6.07 Å². The van der Waals surface area contributed by atoms with E-state index in [1.807, 2.05) is 0 Å². The third kappa shape index (κ3) is 4.68. The van der Waals surface area contributed by atoms with Crippen LogP contribution in [0.4, 0.5) is 8.78 Å². The smallest absolute Gasteiger partial charge is 0.256 e. The van der Waals surface area contributed by atoms with Gasteiger partial charge in [-0.3, -0.25) is 4.79 Å². The molecule has 0 saturated carbocycles. The third-order valence-corrected chi connectivity index (χ3v) is 3.98. The summed E-state index contributed by atoms with van der Waals surface area (Å²) in [4.78, 5) is 11.9. The molecule has 0 bridgehead atoms. The molecule has 1 heterocycles. The van der Waals surface area contributed by atoms with E-state index in [1.54, 1.807) is 18.2 Å². The molecule has 1 aromatic heterocycles. The predicted octanol–water partition coefficient (Wildman–Crippen LogP) is 4.76. The van der Waals surface area contributed by atoms with E-state index in [0.29, 0.717) is 10.0 Å². The van der Waals surface area contributed by atoms with E-state index in [0.717, 1.165) is 9.04 Å². The summed E-state index contributed by atoms with van der Waals surface area (Å²) < 4.78 is 27.7. The maximum absolute atomic E-state index is 12.7. The van der Waals surface area contributed by atoms with E-state index in [1.165, 1.54) is 6.07 Å². The fourth-order valence-electron chi connectivity index (χ4n) is 1.72. The summed E-state index contributed by atoms with van der Waals surface area (Å²) in [7, 11) is 0. The number of alkyl halides is 2. The molecular formula is C13H7Br2ClF2NOY-. The molecule has 0 fully saturated rings. The fourth-order valence-corrected chi connectivity index (χ4v) is 3.11. The van der Waals surface area contributed by atoms with Gasteiger partial charge in [-0.25, -0.2) is 8.78 Å². The zero-order valence-electron chi connectivity index (χ0n) is 10.4. The molecule has 1 radical (unpaired) electrons. The van der Waals surface area contributed by atoms with Crippen molar-refractivity contribution < 1.29 is 41.5 Å². The van der Waals surface area contributed by atoms with Crippen LogP contribution >= 0.6 is 43.5 Å².